The fraction of sp³-hybridized carbons (Fsp3) is 0.0909. The van der Waals surface area contributed by atoms with E-state index in [1.165, 1.54) is 0 Å². The second kappa shape index (κ2) is 3.96. The second-order valence-electron chi connectivity index (χ2n) is 3.05. The van der Waals surface area contributed by atoms with Gasteiger partial charge in [-0.25, -0.2) is 4.98 Å². The zero-order valence-electron chi connectivity index (χ0n) is 8.34. The number of rotatable bonds is 2. The summed E-state index contributed by atoms with van der Waals surface area (Å²) < 4.78 is 5.10. The van der Waals surface area contributed by atoms with E-state index >= 15 is 0 Å². The lowest BCUT2D eigenvalue weighted by Gasteiger charge is -2.06. The molecule has 4 nitrogen and oxygen atoms in total. The van der Waals surface area contributed by atoms with Crippen LogP contribution in [0.3, 0.4) is 0 Å². The molecule has 15 heavy (non-hydrogen) atoms. The Balaban J connectivity index is 2.46. The monoisotopic (exact) mass is 201 g/mol. The molecule has 0 fully saturated rings. The number of nitrogens with two attached hydrogens (primary N) is 1. The largest absolute Gasteiger partial charge is 0.493 e. The van der Waals surface area contributed by atoms with E-state index < -0.39 is 0 Å². The van der Waals surface area contributed by atoms with Gasteiger partial charge in [0.25, 0.3) is 0 Å². The Hall–Kier alpha value is -2.10. The molecule has 0 unspecified atom stereocenters. The third kappa shape index (κ3) is 1.88. The van der Waals surface area contributed by atoms with Gasteiger partial charge in [0.05, 0.1) is 7.11 Å². The summed E-state index contributed by atoms with van der Waals surface area (Å²) in [5.41, 5.74) is 7.55. The first-order valence-corrected chi connectivity index (χ1v) is 4.51. The minimum absolute atomic E-state index is 0.394. The smallest absolute Gasteiger partial charge is 0.166 e. The minimum Gasteiger partial charge on any atom is -0.493 e. The Morgan fingerprint density at radius 2 is 2.13 bits per heavy atom. The summed E-state index contributed by atoms with van der Waals surface area (Å²) in [6.07, 6.45) is 5.20. The standard InChI is InChI=1S/C11H11N3O/c1-15-10-5-9(7-14-11(10)12)8-3-2-4-13-6-8/h2-7H,1H3,(H2,12,14). The SMILES string of the molecule is COc1cc(-c2cccnc2)cnc1N. The third-order valence-electron chi connectivity index (χ3n) is 2.10. The van der Waals surface area contributed by atoms with Crippen LogP contribution in [-0.2, 0) is 0 Å². The average Bonchev–Trinajstić information content (AvgIpc) is 2.31. The molecule has 0 amide bonds. The van der Waals surface area contributed by atoms with Gasteiger partial charge in [-0.1, -0.05) is 6.07 Å². The number of methoxy groups -OCH3 is 1. The lowest BCUT2D eigenvalue weighted by atomic mass is 10.1. The van der Waals surface area contributed by atoms with Crippen LogP contribution in [0.25, 0.3) is 11.1 Å². The van der Waals surface area contributed by atoms with Gasteiger partial charge in [-0.05, 0) is 12.1 Å². The predicted molar refractivity (Wildman–Crippen MR) is 58.4 cm³/mol. The summed E-state index contributed by atoms with van der Waals surface area (Å²) in [7, 11) is 1.57. The minimum atomic E-state index is 0.394. The van der Waals surface area contributed by atoms with Crippen molar-refractivity contribution in [2.45, 2.75) is 0 Å². The zero-order chi connectivity index (χ0) is 10.7. The van der Waals surface area contributed by atoms with Gasteiger partial charge in [0.15, 0.2) is 11.6 Å². The Labute approximate surface area is 87.7 Å². The van der Waals surface area contributed by atoms with Crippen LogP contribution in [0, 0.1) is 0 Å². The van der Waals surface area contributed by atoms with Gasteiger partial charge in [0, 0.05) is 29.7 Å². The van der Waals surface area contributed by atoms with E-state index in [4.69, 9.17) is 10.5 Å². The van der Waals surface area contributed by atoms with Crippen molar-refractivity contribution in [3.05, 3.63) is 36.8 Å². The fourth-order valence-corrected chi connectivity index (χ4v) is 1.31. The molecular formula is C11H11N3O. The van der Waals surface area contributed by atoms with Gasteiger partial charge < -0.3 is 10.5 Å². The highest BCUT2D eigenvalue weighted by molar-refractivity contribution is 5.66. The molecule has 0 radical (unpaired) electrons. The Morgan fingerprint density at radius 3 is 2.80 bits per heavy atom. The van der Waals surface area contributed by atoms with Crippen molar-refractivity contribution in [3.8, 4) is 16.9 Å². The maximum atomic E-state index is 5.63. The van der Waals surface area contributed by atoms with E-state index in [1.807, 2.05) is 18.2 Å². The Bertz CT molecular complexity index is 457. The highest BCUT2D eigenvalue weighted by Gasteiger charge is 2.03. The van der Waals surface area contributed by atoms with Gasteiger partial charge in [-0.3, -0.25) is 4.98 Å². The number of pyridine rings is 2. The molecule has 0 aromatic carbocycles. The van der Waals surface area contributed by atoms with Crippen molar-refractivity contribution in [2.24, 2.45) is 0 Å². The summed E-state index contributed by atoms with van der Waals surface area (Å²) in [5, 5.41) is 0. The molecular weight excluding hydrogens is 190 g/mol. The molecule has 0 saturated heterocycles. The van der Waals surface area contributed by atoms with E-state index in [9.17, 15) is 0 Å². The molecule has 0 saturated carbocycles. The molecule has 0 atom stereocenters. The lowest BCUT2D eigenvalue weighted by molar-refractivity contribution is 0.415. The second-order valence-corrected chi connectivity index (χ2v) is 3.05. The van der Waals surface area contributed by atoms with E-state index in [1.54, 1.807) is 25.7 Å². The number of hydrogen-bond donors (Lipinski definition) is 1. The van der Waals surface area contributed by atoms with Crippen molar-refractivity contribution >= 4 is 5.82 Å². The fourth-order valence-electron chi connectivity index (χ4n) is 1.31. The van der Waals surface area contributed by atoms with Gasteiger partial charge in [-0.2, -0.15) is 0 Å². The lowest BCUT2D eigenvalue weighted by Crippen LogP contribution is -1.95. The van der Waals surface area contributed by atoms with Crippen LogP contribution in [0.5, 0.6) is 5.75 Å². The molecule has 0 aliphatic carbocycles. The molecule has 2 aromatic rings. The van der Waals surface area contributed by atoms with Crippen LogP contribution in [0.2, 0.25) is 0 Å². The van der Waals surface area contributed by atoms with Crippen molar-refractivity contribution in [2.75, 3.05) is 12.8 Å². The Morgan fingerprint density at radius 1 is 1.27 bits per heavy atom. The Kier molecular flexibility index (Phi) is 2.49. The van der Waals surface area contributed by atoms with Crippen molar-refractivity contribution in [3.63, 3.8) is 0 Å². The van der Waals surface area contributed by atoms with Crippen molar-refractivity contribution in [1.82, 2.24) is 9.97 Å². The molecule has 76 valence electrons. The van der Waals surface area contributed by atoms with Gasteiger partial charge in [0.2, 0.25) is 0 Å². The van der Waals surface area contributed by atoms with E-state index in [0.29, 0.717) is 11.6 Å². The molecule has 2 rings (SSSR count). The molecule has 0 spiro atoms. The quantitative estimate of drug-likeness (QED) is 0.803. The number of nitrogens with zero attached hydrogens (tertiary/aromatic N) is 2. The van der Waals surface area contributed by atoms with Gasteiger partial charge in [0.1, 0.15) is 0 Å². The van der Waals surface area contributed by atoms with Gasteiger partial charge >= 0.3 is 0 Å². The first-order chi connectivity index (χ1) is 7.31. The summed E-state index contributed by atoms with van der Waals surface area (Å²) >= 11 is 0. The first kappa shape index (κ1) is 9.45. The van der Waals surface area contributed by atoms with E-state index in [-0.39, 0.29) is 0 Å². The van der Waals surface area contributed by atoms with Crippen molar-refractivity contribution in [1.29, 1.82) is 0 Å². The van der Waals surface area contributed by atoms with Crippen LogP contribution >= 0.6 is 0 Å². The number of ether oxygens (including phenoxy) is 1. The summed E-state index contributed by atoms with van der Waals surface area (Å²) in [6, 6.07) is 5.68. The molecule has 2 heterocycles. The predicted octanol–water partition coefficient (Wildman–Crippen LogP) is 1.73. The molecule has 2 N–H and O–H groups in total. The number of hydrogen-bond acceptors (Lipinski definition) is 4. The van der Waals surface area contributed by atoms with E-state index in [0.717, 1.165) is 11.1 Å². The molecule has 4 heteroatoms. The summed E-state index contributed by atoms with van der Waals surface area (Å²) in [6.45, 7) is 0. The van der Waals surface area contributed by atoms with Crippen LogP contribution in [0.4, 0.5) is 5.82 Å². The van der Waals surface area contributed by atoms with Crippen LogP contribution < -0.4 is 10.5 Å². The zero-order valence-corrected chi connectivity index (χ0v) is 8.34. The van der Waals surface area contributed by atoms with Crippen LogP contribution in [0.1, 0.15) is 0 Å². The molecule has 0 bridgehead atoms. The highest BCUT2D eigenvalue weighted by atomic mass is 16.5. The summed E-state index contributed by atoms with van der Waals surface area (Å²) in [5.74, 6) is 0.974. The maximum Gasteiger partial charge on any atom is 0.166 e. The van der Waals surface area contributed by atoms with Gasteiger partial charge in [-0.15, -0.1) is 0 Å². The first-order valence-electron chi connectivity index (χ1n) is 4.51. The number of nitrogen functional groups attached to an aromatic ring is 1. The molecule has 0 aliphatic heterocycles. The maximum absolute atomic E-state index is 5.63. The topological polar surface area (TPSA) is 61.0 Å². The number of anilines is 1. The summed E-state index contributed by atoms with van der Waals surface area (Å²) in [4.78, 5) is 8.09. The number of aromatic nitrogens is 2. The van der Waals surface area contributed by atoms with Crippen LogP contribution in [0.15, 0.2) is 36.8 Å². The van der Waals surface area contributed by atoms with Crippen LogP contribution in [-0.4, -0.2) is 17.1 Å². The normalized spacial score (nSPS) is 9.93. The van der Waals surface area contributed by atoms with Crippen molar-refractivity contribution < 1.29 is 4.74 Å². The third-order valence-corrected chi connectivity index (χ3v) is 2.10. The average molecular weight is 201 g/mol. The molecule has 2 aromatic heterocycles. The highest BCUT2D eigenvalue weighted by Crippen LogP contribution is 2.25. The van der Waals surface area contributed by atoms with E-state index in [2.05, 4.69) is 9.97 Å². The molecule has 0 aliphatic rings.